The first-order valence-electron chi connectivity index (χ1n) is 14.6. The number of likely N-dealkylation sites (tertiary alicyclic amines) is 1. The van der Waals surface area contributed by atoms with Gasteiger partial charge in [0, 0.05) is 19.7 Å². The second-order valence-electron chi connectivity index (χ2n) is 12.1. The lowest BCUT2D eigenvalue weighted by molar-refractivity contribution is -0.143. The summed E-state index contributed by atoms with van der Waals surface area (Å²) in [6, 6.07) is 5.01. The number of amides is 2. The first-order chi connectivity index (χ1) is 18.6. The van der Waals surface area contributed by atoms with Crippen molar-refractivity contribution >= 4 is 11.8 Å². The molecule has 1 spiro atoms. The van der Waals surface area contributed by atoms with Crippen LogP contribution in [0.15, 0.2) is 24.3 Å². The zero-order valence-electron chi connectivity index (χ0n) is 23.4. The number of benzene rings is 1. The van der Waals surface area contributed by atoms with Crippen LogP contribution in [0.3, 0.4) is 0 Å². The number of hydrogen-bond acceptors (Lipinski definition) is 4. The molecule has 3 heterocycles. The van der Waals surface area contributed by atoms with Crippen molar-refractivity contribution in [3.63, 3.8) is 0 Å². The third-order valence-electron chi connectivity index (χ3n) is 8.68. The molecular formula is C30H44F3N3O3. The van der Waals surface area contributed by atoms with E-state index in [1.807, 2.05) is 4.90 Å². The lowest BCUT2D eigenvalue weighted by Gasteiger charge is -2.42. The van der Waals surface area contributed by atoms with E-state index in [1.54, 1.807) is 6.07 Å². The van der Waals surface area contributed by atoms with Crippen LogP contribution in [0.1, 0.15) is 82.8 Å². The van der Waals surface area contributed by atoms with Crippen molar-refractivity contribution in [3.8, 4) is 0 Å². The maximum Gasteiger partial charge on any atom is 0.416 e. The first kappa shape index (κ1) is 29.8. The molecule has 0 unspecified atom stereocenters. The Kier molecular flexibility index (Phi) is 9.97. The number of halogens is 3. The molecule has 0 saturated carbocycles. The Morgan fingerprint density at radius 1 is 1.05 bits per heavy atom. The van der Waals surface area contributed by atoms with Crippen LogP contribution in [0.25, 0.3) is 0 Å². The summed E-state index contributed by atoms with van der Waals surface area (Å²) in [5.41, 5.74) is -0.585. The van der Waals surface area contributed by atoms with Crippen molar-refractivity contribution < 1.29 is 27.5 Å². The molecule has 1 N–H and O–H groups in total. The predicted octanol–water partition coefficient (Wildman–Crippen LogP) is 5.40. The van der Waals surface area contributed by atoms with Gasteiger partial charge in [0.2, 0.25) is 11.8 Å². The SMILES string of the molecule is CC(C)C[C@@H]1NC(=O)C2(CCCCCOC[C@@H]3CCCN3C1=O)CCN(Cc1cccc(C(F)(F)F)c1)CC2. The summed E-state index contributed by atoms with van der Waals surface area (Å²) in [4.78, 5) is 31.7. The third kappa shape index (κ3) is 7.75. The van der Waals surface area contributed by atoms with E-state index in [4.69, 9.17) is 4.74 Å². The largest absolute Gasteiger partial charge is 0.416 e. The average Bonchev–Trinajstić information content (AvgIpc) is 3.36. The highest BCUT2D eigenvalue weighted by atomic mass is 19.4. The molecule has 1 aromatic rings. The minimum atomic E-state index is -4.37. The fraction of sp³-hybridized carbons (Fsp3) is 0.733. The molecule has 0 radical (unpaired) electrons. The van der Waals surface area contributed by atoms with Gasteiger partial charge in [0.25, 0.3) is 0 Å². The molecule has 3 fully saturated rings. The number of nitrogens with zero attached hydrogens (tertiary/aromatic N) is 2. The van der Waals surface area contributed by atoms with Gasteiger partial charge in [-0.05, 0) is 75.6 Å². The van der Waals surface area contributed by atoms with E-state index in [0.29, 0.717) is 64.2 Å². The van der Waals surface area contributed by atoms with Crippen LogP contribution in [0, 0.1) is 11.3 Å². The van der Waals surface area contributed by atoms with Crippen molar-refractivity contribution in [2.45, 2.75) is 96.4 Å². The molecule has 0 bridgehead atoms. The Labute approximate surface area is 230 Å². The monoisotopic (exact) mass is 551 g/mol. The first-order valence-corrected chi connectivity index (χ1v) is 14.6. The van der Waals surface area contributed by atoms with E-state index in [1.165, 1.54) is 12.1 Å². The standard InChI is InChI=1S/C30H44F3N3O3/c1-22(2)18-26-27(37)36-14-7-10-25(36)21-39-17-5-3-4-11-29(28(38)34-26)12-15-35(16-13-29)20-23-8-6-9-24(19-23)30(31,32)33/h6,8-9,19,22,25-26H,3-5,7,10-18,20-21H2,1-2H3,(H,34,38)/t25-,26-/m0/s1. The Morgan fingerprint density at radius 3 is 2.54 bits per heavy atom. The molecule has 39 heavy (non-hydrogen) atoms. The highest BCUT2D eigenvalue weighted by Crippen LogP contribution is 2.38. The molecule has 0 aromatic heterocycles. The number of rotatable bonds is 4. The summed E-state index contributed by atoms with van der Waals surface area (Å²) >= 11 is 0. The fourth-order valence-corrected chi connectivity index (χ4v) is 6.40. The normalized spacial score (nSPS) is 25.9. The van der Waals surface area contributed by atoms with Gasteiger partial charge in [0.1, 0.15) is 6.04 Å². The number of piperidine rings is 1. The topological polar surface area (TPSA) is 61.9 Å². The second kappa shape index (κ2) is 13.0. The van der Waals surface area contributed by atoms with E-state index in [9.17, 15) is 22.8 Å². The maximum atomic E-state index is 14.0. The summed E-state index contributed by atoms with van der Waals surface area (Å²) in [6.07, 6.45) is 2.91. The Bertz CT molecular complexity index is 976. The molecule has 2 amide bonds. The van der Waals surface area contributed by atoms with Crippen LogP contribution in [0.5, 0.6) is 0 Å². The second-order valence-corrected chi connectivity index (χ2v) is 12.1. The van der Waals surface area contributed by atoms with Crippen molar-refractivity contribution in [2.24, 2.45) is 11.3 Å². The van der Waals surface area contributed by atoms with Crippen LogP contribution in [0.4, 0.5) is 13.2 Å². The minimum absolute atomic E-state index is 0.00246. The molecule has 0 aliphatic carbocycles. The van der Waals surface area contributed by atoms with Crippen molar-refractivity contribution in [1.82, 2.24) is 15.1 Å². The lowest BCUT2D eigenvalue weighted by Crippen LogP contribution is -2.56. The number of hydrogen-bond donors (Lipinski definition) is 1. The van der Waals surface area contributed by atoms with Gasteiger partial charge in [-0.3, -0.25) is 14.5 Å². The average molecular weight is 552 g/mol. The predicted molar refractivity (Wildman–Crippen MR) is 144 cm³/mol. The number of fused-ring (bicyclic) bond motifs is 1. The smallest absolute Gasteiger partial charge is 0.379 e. The number of ether oxygens (including phenoxy) is 1. The number of nitrogens with one attached hydrogen (secondary N) is 1. The summed E-state index contributed by atoms with van der Waals surface area (Å²) in [6.45, 7) is 7.73. The molecule has 4 rings (SSSR count). The van der Waals surface area contributed by atoms with Crippen LogP contribution in [-0.2, 0) is 27.0 Å². The van der Waals surface area contributed by atoms with Crippen LogP contribution in [-0.4, -0.2) is 66.5 Å². The molecule has 3 aliphatic heterocycles. The third-order valence-corrected chi connectivity index (χ3v) is 8.68. The molecular weight excluding hydrogens is 507 g/mol. The van der Waals surface area contributed by atoms with Crippen molar-refractivity contribution in [3.05, 3.63) is 35.4 Å². The Morgan fingerprint density at radius 2 is 1.82 bits per heavy atom. The lowest BCUT2D eigenvalue weighted by atomic mass is 9.73. The molecule has 1 aromatic carbocycles. The summed E-state index contributed by atoms with van der Waals surface area (Å²) in [7, 11) is 0. The van der Waals surface area contributed by atoms with E-state index in [-0.39, 0.29) is 23.8 Å². The zero-order chi connectivity index (χ0) is 28.0. The van der Waals surface area contributed by atoms with Crippen molar-refractivity contribution in [1.29, 1.82) is 0 Å². The highest BCUT2D eigenvalue weighted by molar-refractivity contribution is 5.90. The number of carbonyl (C=O) groups is 2. The van der Waals surface area contributed by atoms with Crippen LogP contribution < -0.4 is 5.32 Å². The zero-order valence-corrected chi connectivity index (χ0v) is 23.4. The van der Waals surface area contributed by atoms with Crippen LogP contribution in [0.2, 0.25) is 0 Å². The number of alkyl halides is 3. The summed E-state index contributed by atoms with van der Waals surface area (Å²) in [5, 5.41) is 3.20. The van der Waals surface area contributed by atoms with Gasteiger partial charge >= 0.3 is 6.18 Å². The van der Waals surface area contributed by atoms with Gasteiger partial charge in [-0.2, -0.15) is 13.2 Å². The fourth-order valence-electron chi connectivity index (χ4n) is 6.40. The van der Waals surface area contributed by atoms with Gasteiger partial charge < -0.3 is 15.0 Å². The Balaban J connectivity index is 1.48. The van der Waals surface area contributed by atoms with Gasteiger partial charge in [-0.25, -0.2) is 0 Å². The quantitative estimate of drug-likeness (QED) is 0.545. The van der Waals surface area contributed by atoms with Gasteiger partial charge in [-0.1, -0.05) is 44.9 Å². The molecule has 6 nitrogen and oxygen atoms in total. The summed E-state index contributed by atoms with van der Waals surface area (Å²) < 4.78 is 45.5. The number of carbonyl (C=O) groups excluding carboxylic acids is 2. The molecule has 3 saturated heterocycles. The van der Waals surface area contributed by atoms with Gasteiger partial charge in [-0.15, -0.1) is 0 Å². The summed E-state index contributed by atoms with van der Waals surface area (Å²) in [5.74, 6) is 0.210. The van der Waals surface area contributed by atoms with Gasteiger partial charge in [0.05, 0.1) is 23.6 Å². The van der Waals surface area contributed by atoms with E-state index < -0.39 is 23.2 Å². The maximum absolute atomic E-state index is 14.0. The Hall–Kier alpha value is -2.13. The highest BCUT2D eigenvalue weighted by Gasteiger charge is 2.43. The van der Waals surface area contributed by atoms with E-state index in [2.05, 4.69) is 24.1 Å². The molecule has 3 aliphatic rings. The van der Waals surface area contributed by atoms with Crippen LogP contribution >= 0.6 is 0 Å². The van der Waals surface area contributed by atoms with Crippen molar-refractivity contribution in [2.75, 3.05) is 32.8 Å². The molecule has 9 heteroatoms. The molecule has 2 atom stereocenters. The van der Waals surface area contributed by atoms with Gasteiger partial charge in [0.15, 0.2) is 0 Å². The van der Waals surface area contributed by atoms with E-state index >= 15 is 0 Å². The molecule has 218 valence electrons. The van der Waals surface area contributed by atoms with E-state index in [0.717, 1.165) is 44.6 Å². The minimum Gasteiger partial charge on any atom is -0.379 e.